The Balaban J connectivity index is 0.605. The number of hydrogen-bond donors (Lipinski definition) is 4. The minimum absolute atomic E-state index is 0.0104. The molecule has 6 aliphatic rings. The highest BCUT2D eigenvalue weighted by Gasteiger charge is 2.48. The lowest BCUT2D eigenvalue weighted by Crippen LogP contribution is -2.59. The number of para-hydroxylation sites is 1. The van der Waals surface area contributed by atoms with E-state index in [1.807, 2.05) is 81.7 Å². The van der Waals surface area contributed by atoms with Crippen molar-refractivity contribution in [3.8, 4) is 27.4 Å². The number of piperidine rings is 2. The number of nitrogens with zero attached hydrogens (tertiary/aromatic N) is 9. The minimum Gasteiger partial charge on any atom is -0.507 e. The van der Waals surface area contributed by atoms with E-state index in [0.717, 1.165) is 117 Å². The minimum atomic E-state index is -0.806. The van der Waals surface area contributed by atoms with E-state index in [1.165, 1.54) is 4.90 Å². The number of aliphatic hydroxyl groups is 1. The molecule has 404 valence electrons. The van der Waals surface area contributed by atoms with Crippen LogP contribution in [0.5, 0.6) is 5.75 Å². The topological polar surface area (TPSA) is 220 Å². The summed E-state index contributed by atoms with van der Waals surface area (Å²) < 4.78 is 12.6. The Morgan fingerprint density at radius 1 is 0.868 bits per heavy atom. The fourth-order valence-electron chi connectivity index (χ4n) is 12.9. The van der Waals surface area contributed by atoms with Crippen molar-refractivity contribution < 1.29 is 33.9 Å². The van der Waals surface area contributed by atoms with Gasteiger partial charge >= 0.3 is 0 Å². The Hall–Kier alpha value is -6.15. The second-order valence-electron chi connectivity index (χ2n) is 22.7. The number of nitrogens with one attached hydrogen (secondary N) is 1. The number of phenols is 1. The molecular weight excluding hydrogens is 983 g/mol. The molecule has 18 nitrogen and oxygen atoms in total. The molecule has 0 spiro atoms. The molecule has 8 heterocycles. The molecule has 5 aromatic rings. The molecule has 0 radical (unpaired) electrons. The van der Waals surface area contributed by atoms with Crippen LogP contribution in [0, 0.1) is 24.7 Å². The monoisotopic (exact) mass is 1060 g/mol. The number of aromatic nitrogens is 4. The maximum absolute atomic E-state index is 14.4. The van der Waals surface area contributed by atoms with Gasteiger partial charge in [-0.2, -0.15) is 0 Å². The molecule has 5 saturated heterocycles. The van der Waals surface area contributed by atoms with Crippen LogP contribution in [-0.4, -0.2) is 152 Å². The molecule has 5 N–H and O–H groups in total. The number of nitrogen functional groups attached to an aromatic ring is 1. The summed E-state index contributed by atoms with van der Waals surface area (Å²) in [6.45, 7) is 14.1. The third-order valence-corrected chi connectivity index (χ3v) is 18.3. The number of aromatic hydroxyl groups is 1. The molecule has 76 heavy (non-hydrogen) atoms. The highest BCUT2D eigenvalue weighted by Crippen LogP contribution is 2.42. The molecule has 1 aliphatic carbocycles. The zero-order valence-corrected chi connectivity index (χ0v) is 45.0. The van der Waals surface area contributed by atoms with Crippen LogP contribution in [0.1, 0.15) is 108 Å². The van der Waals surface area contributed by atoms with Gasteiger partial charge in [-0.05, 0) is 106 Å². The van der Waals surface area contributed by atoms with Crippen LogP contribution in [0.2, 0.25) is 0 Å². The molecule has 6 fully saturated rings. The second kappa shape index (κ2) is 22.1. The van der Waals surface area contributed by atoms with Crippen LogP contribution < -0.4 is 20.9 Å². The molecule has 2 aromatic carbocycles. The van der Waals surface area contributed by atoms with Crippen LogP contribution in [0.25, 0.3) is 21.7 Å². The Morgan fingerprint density at radius 2 is 1.59 bits per heavy atom. The maximum Gasteiger partial charge on any atom is 0.243 e. The number of fused-ring (bicyclic) bond motifs is 2. The zero-order valence-electron chi connectivity index (χ0n) is 44.2. The largest absolute Gasteiger partial charge is 0.507 e. The summed E-state index contributed by atoms with van der Waals surface area (Å²) in [6.07, 6.45) is 7.31. The molecule has 11 rings (SSSR count). The van der Waals surface area contributed by atoms with E-state index in [1.54, 1.807) is 23.5 Å². The number of aliphatic hydroxyl groups excluding tert-OH is 1. The molecule has 1 saturated carbocycles. The van der Waals surface area contributed by atoms with Gasteiger partial charge in [-0.15, -0.1) is 21.5 Å². The number of carbonyl (C=O) groups is 3. The van der Waals surface area contributed by atoms with E-state index in [4.69, 9.17) is 15.0 Å². The van der Waals surface area contributed by atoms with Crippen molar-refractivity contribution in [2.75, 3.05) is 67.9 Å². The number of β-amino-alcohol motifs (C(OH)–C–C–N with tert-alkyl or cyclic N) is 1. The van der Waals surface area contributed by atoms with Gasteiger partial charge in [0, 0.05) is 88.4 Å². The van der Waals surface area contributed by atoms with Crippen molar-refractivity contribution >= 4 is 46.4 Å². The first-order valence-electron chi connectivity index (χ1n) is 27.6. The van der Waals surface area contributed by atoms with Crippen molar-refractivity contribution in [2.45, 2.75) is 134 Å². The summed E-state index contributed by atoms with van der Waals surface area (Å²) in [5.41, 5.74) is 13.2. The molecule has 5 aliphatic heterocycles. The zero-order chi connectivity index (χ0) is 52.8. The summed E-state index contributed by atoms with van der Waals surface area (Å²) in [7, 11) is 0. The van der Waals surface area contributed by atoms with Crippen LogP contribution >= 0.6 is 11.3 Å². The third kappa shape index (κ3) is 10.8. The fourth-order valence-corrected chi connectivity index (χ4v) is 13.7. The fraction of sp³-hybridized carbons (Fsp3) is 0.561. The number of ether oxygens (including phenoxy) is 1. The Morgan fingerprint density at radius 3 is 2.28 bits per heavy atom. The Kier molecular flexibility index (Phi) is 15.1. The standard InChI is InChI=1S/C57H73N11O7S/c1-33(2)52(57(73)67-31-42(69)25-48(67)55(71)60-34(3)37-9-11-38(12-10-37)53-35(4)59-32-76-53)50-27-51(63-75-50)65-21-15-36(16-22-65)28-64-19-17-43(18-20-64)74-44-23-39(24-44)56(72)68-40-13-14-41(68)30-66(29-40)47-26-46(61-62-54(47)58)45-7-5-6-8-49(45)70/h5-12,26-27,32-34,36,39-44,48,52,69-70H,13-25,28-31H2,1-4H3,(H2,58,62)(H,60,71)/t34-,39?,40?,41?,42+,44?,48-,52+/m0/s1. The average molecular weight is 1060 g/mol. The SMILES string of the molecule is Cc1ncsc1-c1ccc([C@H](C)NC(=O)[C@@H]2C[C@@H](O)CN2C(=O)[C@@H](c2cc(N3CCC(CN4CCC(OC5CC(C(=O)N6C7CCC6CN(c6cc(-c8ccccc8O)nnc6N)C7)C5)CC4)CC3)no2)C(C)C)cc1. The van der Waals surface area contributed by atoms with Gasteiger partial charge in [0.15, 0.2) is 17.4 Å². The number of likely N-dealkylation sites (tertiary alicyclic amines) is 2. The van der Waals surface area contributed by atoms with Crippen molar-refractivity contribution in [1.29, 1.82) is 0 Å². The molecule has 3 amide bonds. The van der Waals surface area contributed by atoms with Gasteiger partial charge in [-0.25, -0.2) is 4.98 Å². The van der Waals surface area contributed by atoms with Gasteiger partial charge in [-0.3, -0.25) is 14.4 Å². The summed E-state index contributed by atoms with van der Waals surface area (Å²) in [6, 6.07) is 18.1. The normalized spacial score (nSPS) is 25.2. The first-order chi connectivity index (χ1) is 36.7. The first kappa shape index (κ1) is 51.9. The van der Waals surface area contributed by atoms with Crippen molar-refractivity contribution in [3.63, 3.8) is 0 Å². The van der Waals surface area contributed by atoms with Crippen LogP contribution in [-0.2, 0) is 19.1 Å². The predicted molar refractivity (Wildman–Crippen MR) is 290 cm³/mol. The number of rotatable bonds is 15. The van der Waals surface area contributed by atoms with Gasteiger partial charge in [0.25, 0.3) is 0 Å². The number of thiazole rings is 1. The highest BCUT2D eigenvalue weighted by molar-refractivity contribution is 7.13. The Bertz CT molecular complexity index is 2840. The smallest absolute Gasteiger partial charge is 0.243 e. The summed E-state index contributed by atoms with van der Waals surface area (Å²) >= 11 is 1.60. The van der Waals surface area contributed by atoms with E-state index >= 15 is 0 Å². The lowest BCUT2D eigenvalue weighted by Gasteiger charge is -2.46. The molecule has 19 heteroatoms. The van der Waals surface area contributed by atoms with Crippen molar-refractivity contribution in [2.24, 2.45) is 17.8 Å². The van der Waals surface area contributed by atoms with E-state index < -0.39 is 18.1 Å². The van der Waals surface area contributed by atoms with Crippen LogP contribution in [0.15, 0.2) is 70.7 Å². The molecule has 2 bridgehead atoms. The Labute approximate surface area is 449 Å². The van der Waals surface area contributed by atoms with Gasteiger partial charge in [-0.1, -0.05) is 55.4 Å². The van der Waals surface area contributed by atoms with Gasteiger partial charge < -0.3 is 55.0 Å². The first-order valence-corrected chi connectivity index (χ1v) is 28.5. The second-order valence-corrected chi connectivity index (χ2v) is 23.6. The van der Waals surface area contributed by atoms with Crippen molar-refractivity contribution in [3.05, 3.63) is 83.2 Å². The van der Waals surface area contributed by atoms with E-state index in [9.17, 15) is 24.6 Å². The number of hydrogen-bond acceptors (Lipinski definition) is 16. The van der Waals surface area contributed by atoms with E-state index in [2.05, 4.69) is 45.3 Å². The molecule has 2 unspecified atom stereocenters. The quantitative estimate of drug-likeness (QED) is 0.0849. The van der Waals surface area contributed by atoms with Gasteiger partial charge in [0.1, 0.15) is 17.7 Å². The van der Waals surface area contributed by atoms with E-state index in [0.29, 0.717) is 41.8 Å². The highest BCUT2D eigenvalue weighted by atomic mass is 32.1. The van der Waals surface area contributed by atoms with Crippen LogP contribution in [0.4, 0.5) is 17.3 Å². The number of carbonyl (C=O) groups excluding carboxylic acids is 3. The number of phenolic OH excluding ortho intramolecular Hbond substituents is 1. The number of benzene rings is 2. The number of piperazine rings is 1. The maximum atomic E-state index is 14.4. The lowest BCUT2D eigenvalue weighted by atomic mass is 9.80. The number of amides is 3. The average Bonchev–Trinajstić information content (AvgIpc) is 4.21. The number of aryl methyl sites for hydroxylation is 1. The van der Waals surface area contributed by atoms with Crippen molar-refractivity contribution in [1.82, 2.24) is 40.4 Å². The number of anilines is 3. The molecular formula is C57H73N11O7S. The van der Waals surface area contributed by atoms with Gasteiger partial charge in [0.2, 0.25) is 17.7 Å². The summed E-state index contributed by atoms with van der Waals surface area (Å²) in [5, 5.41) is 37.3. The van der Waals surface area contributed by atoms with Gasteiger partial charge in [0.05, 0.1) is 51.8 Å². The molecule has 3 aromatic heterocycles. The summed E-state index contributed by atoms with van der Waals surface area (Å²) in [5.74, 6) is 1.22. The van der Waals surface area contributed by atoms with Crippen LogP contribution in [0.3, 0.4) is 0 Å². The number of nitrogens with two attached hydrogens (primary N) is 1. The predicted octanol–water partition coefficient (Wildman–Crippen LogP) is 6.79. The lowest BCUT2D eigenvalue weighted by molar-refractivity contribution is -0.153. The summed E-state index contributed by atoms with van der Waals surface area (Å²) in [4.78, 5) is 58.4. The molecule has 6 atom stereocenters. The van der Waals surface area contributed by atoms with E-state index in [-0.39, 0.29) is 78.6 Å². The third-order valence-electron chi connectivity index (χ3n) is 17.3.